The zero-order valence-electron chi connectivity index (χ0n) is 9.74. The number of aromatic amines is 1. The van der Waals surface area contributed by atoms with Crippen LogP contribution in [0, 0.1) is 0 Å². The molecule has 0 fully saturated rings. The quantitative estimate of drug-likeness (QED) is 0.813. The van der Waals surface area contributed by atoms with Gasteiger partial charge in [0.15, 0.2) is 0 Å². The second kappa shape index (κ2) is 5.50. The van der Waals surface area contributed by atoms with E-state index in [1.165, 1.54) is 23.4 Å². The molecule has 84 valence electrons. The van der Waals surface area contributed by atoms with Crippen molar-refractivity contribution in [3.05, 3.63) is 53.6 Å². The Hall–Kier alpha value is -1.57. The van der Waals surface area contributed by atoms with E-state index in [4.69, 9.17) is 0 Å². The Bertz CT molecular complexity index is 417. The maximum Gasteiger partial charge on any atom is 0.0925 e. The Balaban J connectivity index is 1.97. The standard InChI is InChI=1S/C14H18N2/c1-2-6-13-14(16-11-15-13)10-9-12-7-4-3-5-8-12/h3-5,7-8,11H,2,6,9-10H2,1H3,(H,15,16). The maximum atomic E-state index is 4.39. The van der Waals surface area contributed by atoms with Gasteiger partial charge in [-0.05, 0) is 24.8 Å². The van der Waals surface area contributed by atoms with E-state index >= 15 is 0 Å². The highest BCUT2D eigenvalue weighted by atomic mass is 14.9. The summed E-state index contributed by atoms with van der Waals surface area (Å²) in [6.45, 7) is 2.20. The van der Waals surface area contributed by atoms with Crippen molar-refractivity contribution in [3.8, 4) is 0 Å². The van der Waals surface area contributed by atoms with Crippen LogP contribution in [0.1, 0.15) is 30.3 Å². The van der Waals surface area contributed by atoms with Crippen LogP contribution in [0.2, 0.25) is 0 Å². The Morgan fingerprint density at radius 2 is 1.88 bits per heavy atom. The van der Waals surface area contributed by atoms with Crippen LogP contribution in [0.3, 0.4) is 0 Å². The zero-order chi connectivity index (χ0) is 11.2. The lowest BCUT2D eigenvalue weighted by atomic mass is 10.1. The number of imidazole rings is 1. The first kappa shape index (κ1) is 10.9. The third-order valence-electron chi connectivity index (χ3n) is 2.80. The second-order valence-electron chi connectivity index (χ2n) is 4.06. The van der Waals surface area contributed by atoms with Gasteiger partial charge in [-0.2, -0.15) is 0 Å². The summed E-state index contributed by atoms with van der Waals surface area (Å²) in [5.74, 6) is 0. The van der Waals surface area contributed by atoms with E-state index in [0.717, 1.165) is 19.3 Å². The third-order valence-corrected chi connectivity index (χ3v) is 2.80. The molecule has 0 aliphatic carbocycles. The van der Waals surface area contributed by atoms with Gasteiger partial charge in [0.1, 0.15) is 0 Å². The smallest absolute Gasteiger partial charge is 0.0925 e. The molecule has 2 nitrogen and oxygen atoms in total. The lowest BCUT2D eigenvalue weighted by molar-refractivity contribution is 0.844. The molecule has 0 unspecified atom stereocenters. The highest BCUT2D eigenvalue weighted by Gasteiger charge is 2.04. The number of hydrogen-bond donors (Lipinski definition) is 1. The summed E-state index contributed by atoms with van der Waals surface area (Å²) >= 11 is 0. The summed E-state index contributed by atoms with van der Waals surface area (Å²) in [4.78, 5) is 7.63. The largest absolute Gasteiger partial charge is 0.348 e. The van der Waals surface area contributed by atoms with E-state index < -0.39 is 0 Å². The summed E-state index contributed by atoms with van der Waals surface area (Å²) in [5, 5.41) is 0. The number of hydrogen-bond acceptors (Lipinski definition) is 1. The minimum atomic E-state index is 1.03. The van der Waals surface area contributed by atoms with Crippen LogP contribution < -0.4 is 0 Å². The number of nitrogens with zero attached hydrogens (tertiary/aromatic N) is 1. The second-order valence-corrected chi connectivity index (χ2v) is 4.06. The zero-order valence-corrected chi connectivity index (χ0v) is 9.74. The fraction of sp³-hybridized carbons (Fsp3) is 0.357. The molecule has 1 aromatic carbocycles. The summed E-state index contributed by atoms with van der Waals surface area (Å²) in [7, 11) is 0. The molecular formula is C14H18N2. The normalized spacial score (nSPS) is 10.6. The number of benzene rings is 1. The van der Waals surface area contributed by atoms with Crippen LogP contribution in [0.4, 0.5) is 0 Å². The van der Waals surface area contributed by atoms with E-state index in [9.17, 15) is 0 Å². The summed E-state index contributed by atoms with van der Waals surface area (Å²) in [6.07, 6.45) is 6.18. The molecule has 0 atom stereocenters. The monoisotopic (exact) mass is 214 g/mol. The van der Waals surface area contributed by atoms with Gasteiger partial charge in [0.05, 0.1) is 12.0 Å². The molecule has 0 saturated carbocycles. The molecule has 1 aromatic heterocycles. The van der Waals surface area contributed by atoms with E-state index in [1.54, 1.807) is 0 Å². The highest BCUT2D eigenvalue weighted by molar-refractivity contribution is 5.18. The van der Waals surface area contributed by atoms with Gasteiger partial charge in [-0.1, -0.05) is 43.7 Å². The first-order valence-electron chi connectivity index (χ1n) is 5.95. The van der Waals surface area contributed by atoms with Crippen molar-refractivity contribution in [2.45, 2.75) is 32.6 Å². The van der Waals surface area contributed by atoms with Crippen molar-refractivity contribution in [2.75, 3.05) is 0 Å². The molecule has 0 spiro atoms. The van der Waals surface area contributed by atoms with Crippen molar-refractivity contribution in [1.29, 1.82) is 0 Å². The van der Waals surface area contributed by atoms with E-state index in [-0.39, 0.29) is 0 Å². The summed E-state index contributed by atoms with van der Waals surface area (Å²) in [5.41, 5.74) is 3.91. The predicted molar refractivity (Wildman–Crippen MR) is 66.4 cm³/mol. The number of rotatable bonds is 5. The van der Waals surface area contributed by atoms with Gasteiger partial charge < -0.3 is 4.98 Å². The van der Waals surface area contributed by atoms with Gasteiger partial charge >= 0.3 is 0 Å². The van der Waals surface area contributed by atoms with Crippen LogP contribution >= 0.6 is 0 Å². The lowest BCUT2D eigenvalue weighted by Gasteiger charge is -2.02. The van der Waals surface area contributed by atoms with Crippen LogP contribution in [-0.2, 0) is 19.3 Å². The molecule has 0 aliphatic rings. The Kier molecular flexibility index (Phi) is 3.76. The van der Waals surface area contributed by atoms with Crippen molar-refractivity contribution in [2.24, 2.45) is 0 Å². The molecule has 1 N–H and O–H groups in total. The van der Waals surface area contributed by atoms with Gasteiger partial charge in [-0.15, -0.1) is 0 Å². The van der Waals surface area contributed by atoms with E-state index in [1.807, 2.05) is 6.33 Å². The van der Waals surface area contributed by atoms with Gasteiger partial charge in [-0.25, -0.2) is 4.98 Å². The predicted octanol–water partition coefficient (Wildman–Crippen LogP) is 3.15. The van der Waals surface area contributed by atoms with E-state index in [2.05, 4.69) is 47.2 Å². The first-order valence-corrected chi connectivity index (χ1v) is 5.95. The van der Waals surface area contributed by atoms with Crippen molar-refractivity contribution < 1.29 is 0 Å². The van der Waals surface area contributed by atoms with Crippen LogP contribution in [-0.4, -0.2) is 9.97 Å². The van der Waals surface area contributed by atoms with Crippen molar-refractivity contribution in [3.63, 3.8) is 0 Å². The average molecular weight is 214 g/mol. The van der Waals surface area contributed by atoms with Crippen molar-refractivity contribution in [1.82, 2.24) is 9.97 Å². The molecule has 1 heterocycles. The lowest BCUT2D eigenvalue weighted by Crippen LogP contribution is -1.96. The molecule has 0 radical (unpaired) electrons. The number of aryl methyl sites for hydroxylation is 3. The molecule has 0 saturated heterocycles. The van der Waals surface area contributed by atoms with E-state index in [0.29, 0.717) is 0 Å². The third kappa shape index (κ3) is 2.72. The Morgan fingerprint density at radius 1 is 1.06 bits per heavy atom. The van der Waals surface area contributed by atoms with Gasteiger partial charge in [-0.3, -0.25) is 0 Å². The molecule has 16 heavy (non-hydrogen) atoms. The molecule has 2 rings (SSSR count). The Morgan fingerprint density at radius 3 is 2.62 bits per heavy atom. The molecule has 0 bridgehead atoms. The SMILES string of the molecule is CCCc1[nH]cnc1CCc1ccccc1. The highest BCUT2D eigenvalue weighted by Crippen LogP contribution is 2.10. The molecule has 0 amide bonds. The average Bonchev–Trinajstić information content (AvgIpc) is 2.76. The van der Waals surface area contributed by atoms with Crippen LogP contribution in [0.5, 0.6) is 0 Å². The van der Waals surface area contributed by atoms with Crippen LogP contribution in [0.15, 0.2) is 36.7 Å². The minimum Gasteiger partial charge on any atom is -0.348 e. The van der Waals surface area contributed by atoms with Crippen molar-refractivity contribution >= 4 is 0 Å². The van der Waals surface area contributed by atoms with Gasteiger partial charge in [0, 0.05) is 5.69 Å². The first-order chi connectivity index (χ1) is 7.90. The molecule has 0 aliphatic heterocycles. The topological polar surface area (TPSA) is 28.7 Å². The Labute approximate surface area is 96.7 Å². The maximum absolute atomic E-state index is 4.39. The summed E-state index contributed by atoms with van der Waals surface area (Å²) in [6, 6.07) is 10.6. The summed E-state index contributed by atoms with van der Waals surface area (Å²) < 4.78 is 0. The number of nitrogens with one attached hydrogen (secondary N) is 1. The van der Waals surface area contributed by atoms with Crippen LogP contribution in [0.25, 0.3) is 0 Å². The number of H-pyrrole nitrogens is 1. The van der Waals surface area contributed by atoms with Gasteiger partial charge in [0.2, 0.25) is 0 Å². The molecule has 2 aromatic rings. The molecule has 2 heteroatoms. The fourth-order valence-corrected chi connectivity index (χ4v) is 1.94. The minimum absolute atomic E-state index is 1.03. The van der Waals surface area contributed by atoms with Gasteiger partial charge in [0.25, 0.3) is 0 Å². The molecular weight excluding hydrogens is 196 g/mol. The number of aromatic nitrogens is 2. The fourth-order valence-electron chi connectivity index (χ4n) is 1.94.